The van der Waals surface area contributed by atoms with E-state index in [1.165, 1.54) is 0 Å². The molecule has 1 aliphatic heterocycles. The van der Waals surface area contributed by atoms with Crippen LogP contribution in [0.1, 0.15) is 12.8 Å². The smallest absolute Gasteiger partial charge is 0.217 e. The van der Waals surface area contributed by atoms with E-state index in [2.05, 4.69) is 0 Å². The van der Waals surface area contributed by atoms with Crippen molar-refractivity contribution in [2.24, 2.45) is 5.73 Å². The Morgan fingerprint density at radius 1 is 1.73 bits per heavy atom. The van der Waals surface area contributed by atoms with Crippen molar-refractivity contribution in [3.8, 4) is 0 Å². The highest BCUT2D eigenvalue weighted by Gasteiger charge is 1.99. The largest absolute Gasteiger partial charge is 0.497 e. The van der Waals surface area contributed by atoms with Gasteiger partial charge in [-0.3, -0.25) is 4.79 Å². The Morgan fingerprint density at radius 3 is 3.09 bits per heavy atom. The highest BCUT2D eigenvalue weighted by molar-refractivity contribution is 5.74. The zero-order chi connectivity index (χ0) is 8.10. The van der Waals surface area contributed by atoms with Crippen LogP contribution in [-0.2, 0) is 9.53 Å². The molecular formula is C8H11NO2. The third-order valence-corrected chi connectivity index (χ3v) is 1.48. The van der Waals surface area contributed by atoms with Crippen molar-refractivity contribution in [3.05, 3.63) is 24.0 Å². The average Bonchev–Trinajstić information content (AvgIpc) is 2.03. The van der Waals surface area contributed by atoms with Crippen molar-refractivity contribution in [2.75, 3.05) is 6.61 Å². The summed E-state index contributed by atoms with van der Waals surface area (Å²) in [5, 5.41) is 0. The van der Waals surface area contributed by atoms with Gasteiger partial charge in [-0.05, 0) is 24.1 Å². The van der Waals surface area contributed by atoms with Crippen molar-refractivity contribution in [2.45, 2.75) is 12.8 Å². The van der Waals surface area contributed by atoms with Crippen molar-refractivity contribution < 1.29 is 9.53 Å². The standard InChI is InChI=1S/C8H11NO2/c9-8(10)2-1-7-3-5-11-6-4-7/h3-5H,1-2,6H2,(H2,9,10). The van der Waals surface area contributed by atoms with E-state index in [4.69, 9.17) is 10.5 Å². The van der Waals surface area contributed by atoms with Gasteiger partial charge in [-0.1, -0.05) is 0 Å². The molecule has 0 saturated carbocycles. The van der Waals surface area contributed by atoms with Gasteiger partial charge >= 0.3 is 0 Å². The molecule has 1 heterocycles. The first kappa shape index (κ1) is 7.85. The Labute approximate surface area is 65.5 Å². The van der Waals surface area contributed by atoms with Crippen LogP contribution in [0.2, 0.25) is 0 Å². The van der Waals surface area contributed by atoms with Gasteiger partial charge in [0.15, 0.2) is 0 Å². The summed E-state index contributed by atoms with van der Waals surface area (Å²) in [5.41, 5.74) is 6.11. The minimum atomic E-state index is -0.259. The molecule has 0 unspecified atom stereocenters. The summed E-state index contributed by atoms with van der Waals surface area (Å²) in [4.78, 5) is 10.4. The van der Waals surface area contributed by atoms with Crippen LogP contribution >= 0.6 is 0 Å². The van der Waals surface area contributed by atoms with Gasteiger partial charge in [0, 0.05) is 6.42 Å². The van der Waals surface area contributed by atoms with Gasteiger partial charge in [0.1, 0.15) is 6.61 Å². The number of allylic oxidation sites excluding steroid dienone is 2. The maximum Gasteiger partial charge on any atom is 0.217 e. The summed E-state index contributed by atoms with van der Waals surface area (Å²) in [5.74, 6) is -0.259. The minimum absolute atomic E-state index is 0.259. The van der Waals surface area contributed by atoms with E-state index in [1.807, 2.05) is 12.2 Å². The van der Waals surface area contributed by atoms with E-state index >= 15 is 0 Å². The van der Waals surface area contributed by atoms with Gasteiger partial charge in [0.25, 0.3) is 0 Å². The van der Waals surface area contributed by atoms with E-state index in [0.29, 0.717) is 13.0 Å². The lowest BCUT2D eigenvalue weighted by Crippen LogP contribution is -2.10. The van der Waals surface area contributed by atoms with Gasteiger partial charge < -0.3 is 10.5 Å². The first-order chi connectivity index (χ1) is 5.29. The topological polar surface area (TPSA) is 52.3 Å². The van der Waals surface area contributed by atoms with Crippen molar-refractivity contribution in [3.63, 3.8) is 0 Å². The molecule has 1 aliphatic rings. The molecular weight excluding hydrogens is 142 g/mol. The minimum Gasteiger partial charge on any atom is -0.497 e. The van der Waals surface area contributed by atoms with Crippen molar-refractivity contribution in [1.82, 2.24) is 0 Å². The summed E-state index contributed by atoms with van der Waals surface area (Å²) in [6, 6.07) is 0. The number of carbonyl (C=O) groups excluding carboxylic acids is 1. The maximum absolute atomic E-state index is 10.4. The molecule has 0 radical (unpaired) electrons. The van der Waals surface area contributed by atoms with E-state index in [9.17, 15) is 4.79 Å². The molecule has 3 heteroatoms. The third kappa shape index (κ3) is 2.89. The van der Waals surface area contributed by atoms with E-state index in [0.717, 1.165) is 12.0 Å². The molecule has 0 bridgehead atoms. The number of hydrogen-bond acceptors (Lipinski definition) is 2. The monoisotopic (exact) mass is 153 g/mol. The molecule has 2 N–H and O–H groups in total. The first-order valence-electron chi connectivity index (χ1n) is 3.54. The molecule has 0 fully saturated rings. The fraction of sp³-hybridized carbons (Fsp3) is 0.375. The summed E-state index contributed by atoms with van der Waals surface area (Å²) < 4.78 is 4.93. The first-order valence-corrected chi connectivity index (χ1v) is 3.54. The molecule has 1 rings (SSSR count). The number of ether oxygens (including phenoxy) is 1. The van der Waals surface area contributed by atoms with E-state index in [-0.39, 0.29) is 5.91 Å². The fourth-order valence-electron chi connectivity index (χ4n) is 0.867. The van der Waals surface area contributed by atoms with Gasteiger partial charge in [0.05, 0.1) is 6.26 Å². The lowest BCUT2D eigenvalue weighted by atomic mass is 10.1. The average molecular weight is 153 g/mol. The van der Waals surface area contributed by atoms with Crippen LogP contribution in [-0.4, -0.2) is 12.5 Å². The lowest BCUT2D eigenvalue weighted by Gasteiger charge is -2.05. The third-order valence-electron chi connectivity index (χ3n) is 1.48. The second kappa shape index (κ2) is 3.81. The van der Waals surface area contributed by atoms with Crippen molar-refractivity contribution >= 4 is 5.91 Å². The summed E-state index contributed by atoms with van der Waals surface area (Å²) >= 11 is 0. The molecule has 0 atom stereocenters. The van der Waals surface area contributed by atoms with Gasteiger partial charge in [-0.25, -0.2) is 0 Å². The molecule has 60 valence electrons. The summed E-state index contributed by atoms with van der Waals surface area (Å²) in [7, 11) is 0. The Kier molecular flexibility index (Phi) is 2.72. The van der Waals surface area contributed by atoms with Crippen LogP contribution in [0.5, 0.6) is 0 Å². The molecule has 3 nitrogen and oxygen atoms in total. The normalized spacial score (nSPS) is 15.5. The number of primary amides is 1. The Bertz CT molecular complexity index is 206. The Morgan fingerprint density at radius 2 is 2.55 bits per heavy atom. The highest BCUT2D eigenvalue weighted by atomic mass is 16.5. The predicted octanol–water partition coefficient (Wildman–Crippen LogP) is 0.722. The SMILES string of the molecule is NC(=O)CCC1=CCOC=C1. The van der Waals surface area contributed by atoms with Crippen LogP contribution in [0, 0.1) is 0 Å². The molecule has 1 amide bonds. The van der Waals surface area contributed by atoms with Crippen LogP contribution in [0.4, 0.5) is 0 Å². The molecule has 11 heavy (non-hydrogen) atoms. The lowest BCUT2D eigenvalue weighted by molar-refractivity contribution is -0.117. The Hall–Kier alpha value is -1.25. The van der Waals surface area contributed by atoms with E-state index in [1.54, 1.807) is 6.26 Å². The number of hydrogen-bond donors (Lipinski definition) is 1. The number of amides is 1. The Balaban J connectivity index is 2.31. The summed E-state index contributed by atoms with van der Waals surface area (Å²) in [6.45, 7) is 0.602. The molecule has 0 spiro atoms. The van der Waals surface area contributed by atoms with Gasteiger partial charge in [0.2, 0.25) is 5.91 Å². The zero-order valence-electron chi connectivity index (χ0n) is 6.25. The quantitative estimate of drug-likeness (QED) is 0.649. The van der Waals surface area contributed by atoms with Crippen LogP contribution < -0.4 is 5.73 Å². The molecule has 0 saturated heterocycles. The van der Waals surface area contributed by atoms with Gasteiger partial charge in [-0.15, -0.1) is 0 Å². The molecule has 0 aromatic rings. The predicted molar refractivity (Wildman–Crippen MR) is 41.6 cm³/mol. The number of carbonyl (C=O) groups is 1. The van der Waals surface area contributed by atoms with Gasteiger partial charge in [-0.2, -0.15) is 0 Å². The number of nitrogens with two attached hydrogens (primary N) is 1. The van der Waals surface area contributed by atoms with Crippen molar-refractivity contribution in [1.29, 1.82) is 0 Å². The highest BCUT2D eigenvalue weighted by Crippen LogP contribution is 2.09. The summed E-state index contributed by atoms with van der Waals surface area (Å²) in [6.07, 6.45) is 6.57. The molecule has 0 aromatic heterocycles. The fourth-order valence-corrected chi connectivity index (χ4v) is 0.867. The molecule has 0 aromatic carbocycles. The maximum atomic E-state index is 10.4. The van der Waals surface area contributed by atoms with Crippen LogP contribution in [0.3, 0.4) is 0 Å². The molecule has 0 aliphatic carbocycles. The second-order valence-corrected chi connectivity index (χ2v) is 2.38. The zero-order valence-corrected chi connectivity index (χ0v) is 6.25. The van der Waals surface area contributed by atoms with Crippen LogP contribution in [0.15, 0.2) is 24.0 Å². The van der Waals surface area contributed by atoms with Crippen LogP contribution in [0.25, 0.3) is 0 Å². The van der Waals surface area contributed by atoms with E-state index < -0.39 is 0 Å². The second-order valence-electron chi connectivity index (χ2n) is 2.38. The number of rotatable bonds is 3.